The lowest BCUT2D eigenvalue weighted by atomic mass is 9.79. The maximum absolute atomic E-state index is 13.4. The number of nitrogens with zero attached hydrogens (tertiary/aromatic N) is 1. The summed E-state index contributed by atoms with van der Waals surface area (Å²) in [6.07, 6.45) is 5.92. The molecule has 0 amide bonds. The van der Waals surface area contributed by atoms with Gasteiger partial charge in [0, 0.05) is 23.7 Å². The number of sulfone groups is 1. The Morgan fingerprint density at radius 2 is 1.64 bits per heavy atom. The summed E-state index contributed by atoms with van der Waals surface area (Å²) in [4.78, 5) is 2.39. The molecule has 1 heterocycles. The number of phenolic OH excluding ortho intramolecular Hbond substituents is 1. The monoisotopic (exact) mass is 401 g/mol. The molecule has 0 saturated carbocycles. The zero-order chi connectivity index (χ0) is 20.2. The van der Waals surface area contributed by atoms with Crippen LogP contribution in [0.1, 0.15) is 52.4 Å². The van der Waals surface area contributed by atoms with Crippen LogP contribution in [0.4, 0.5) is 11.4 Å². The van der Waals surface area contributed by atoms with Gasteiger partial charge in [0.05, 0.1) is 16.3 Å². The highest BCUT2D eigenvalue weighted by Crippen LogP contribution is 2.45. The van der Waals surface area contributed by atoms with Crippen molar-refractivity contribution in [1.29, 1.82) is 0 Å². The smallest absolute Gasteiger partial charge is 0.181 e. The number of unbranched alkanes of at least 4 members (excludes halogenated alkanes) is 2. The topological polar surface area (TPSA) is 57.6 Å². The molecule has 0 spiro atoms. The maximum Gasteiger partial charge on any atom is 0.181 e. The predicted octanol–water partition coefficient (Wildman–Crippen LogP) is 5.68. The fourth-order valence-corrected chi connectivity index (χ4v) is 6.43. The maximum atomic E-state index is 13.4. The van der Waals surface area contributed by atoms with Gasteiger partial charge in [0.2, 0.25) is 0 Å². The van der Waals surface area contributed by atoms with E-state index in [9.17, 15) is 13.5 Å². The average molecular weight is 402 g/mol. The van der Waals surface area contributed by atoms with E-state index in [-0.39, 0.29) is 21.8 Å². The fourth-order valence-electron chi connectivity index (χ4n) is 4.29. The Morgan fingerprint density at radius 1 is 1.00 bits per heavy atom. The highest BCUT2D eigenvalue weighted by molar-refractivity contribution is 7.91. The third-order valence-electron chi connectivity index (χ3n) is 5.75. The molecule has 3 rings (SSSR count). The minimum atomic E-state index is -3.51. The number of benzene rings is 2. The van der Waals surface area contributed by atoms with Crippen molar-refractivity contribution in [3.05, 3.63) is 48.5 Å². The van der Waals surface area contributed by atoms with Crippen LogP contribution in [0.5, 0.6) is 5.75 Å². The Bertz CT molecular complexity index is 885. The quantitative estimate of drug-likeness (QED) is 0.648. The molecule has 0 saturated heterocycles. The lowest BCUT2D eigenvalue weighted by Crippen LogP contribution is -2.38. The van der Waals surface area contributed by atoms with Gasteiger partial charge >= 0.3 is 0 Å². The molecule has 1 aliphatic rings. The van der Waals surface area contributed by atoms with E-state index in [0.717, 1.165) is 44.2 Å². The van der Waals surface area contributed by atoms with Crippen molar-refractivity contribution >= 4 is 21.2 Å². The third-order valence-corrected chi connectivity index (χ3v) is 7.74. The molecule has 1 N–H and O–H groups in total. The van der Waals surface area contributed by atoms with Gasteiger partial charge in [-0.15, -0.1) is 0 Å². The number of hydrogen-bond acceptors (Lipinski definition) is 4. The summed E-state index contributed by atoms with van der Waals surface area (Å²) in [6, 6.07) is 14.7. The predicted molar refractivity (Wildman–Crippen MR) is 115 cm³/mol. The standard InChI is InChI=1S/C23H31NO3S/c1-3-5-14-23(15-6-4-2)17-24(19-10-8-7-9-11-19)21-13-12-20(25)16-22(21)28(26,27)18-23/h7-13,16,25H,3-6,14-15,17-18H2,1-2H3. The van der Waals surface area contributed by atoms with Crippen LogP contribution in [-0.4, -0.2) is 25.8 Å². The summed E-state index contributed by atoms with van der Waals surface area (Å²) in [5.74, 6) is 0.129. The molecule has 0 aliphatic carbocycles. The van der Waals surface area contributed by atoms with Crippen molar-refractivity contribution in [2.45, 2.75) is 57.3 Å². The van der Waals surface area contributed by atoms with Gasteiger partial charge in [0.25, 0.3) is 0 Å². The highest BCUT2D eigenvalue weighted by atomic mass is 32.2. The van der Waals surface area contributed by atoms with Crippen LogP contribution in [0.3, 0.4) is 0 Å². The molecule has 0 fully saturated rings. The van der Waals surface area contributed by atoms with Gasteiger partial charge < -0.3 is 10.0 Å². The van der Waals surface area contributed by atoms with E-state index in [2.05, 4.69) is 18.7 Å². The minimum absolute atomic E-state index is 0.00930. The van der Waals surface area contributed by atoms with E-state index in [1.807, 2.05) is 30.3 Å². The Labute approximate surface area is 169 Å². The second-order valence-electron chi connectivity index (χ2n) is 8.04. The largest absolute Gasteiger partial charge is 0.508 e. The minimum Gasteiger partial charge on any atom is -0.508 e. The highest BCUT2D eigenvalue weighted by Gasteiger charge is 2.42. The van der Waals surface area contributed by atoms with Gasteiger partial charge in [-0.1, -0.05) is 57.7 Å². The second kappa shape index (κ2) is 8.56. The molecule has 2 aromatic rings. The molecule has 2 aromatic carbocycles. The molecule has 152 valence electrons. The summed E-state index contributed by atoms with van der Waals surface area (Å²) >= 11 is 0. The van der Waals surface area contributed by atoms with Gasteiger partial charge in [0.1, 0.15) is 5.75 Å². The van der Waals surface area contributed by atoms with Crippen LogP contribution in [0.2, 0.25) is 0 Å². The number of aromatic hydroxyl groups is 1. The van der Waals surface area contributed by atoms with Crippen molar-refractivity contribution in [3.63, 3.8) is 0 Å². The van der Waals surface area contributed by atoms with Crippen molar-refractivity contribution in [2.24, 2.45) is 5.41 Å². The summed E-state index contributed by atoms with van der Waals surface area (Å²) in [7, 11) is -3.51. The Hall–Kier alpha value is -2.01. The van der Waals surface area contributed by atoms with Crippen LogP contribution in [0.25, 0.3) is 0 Å². The molecule has 1 aliphatic heterocycles. The van der Waals surface area contributed by atoms with Gasteiger partial charge in [-0.3, -0.25) is 0 Å². The van der Waals surface area contributed by atoms with E-state index in [1.54, 1.807) is 12.1 Å². The van der Waals surface area contributed by atoms with Crippen LogP contribution >= 0.6 is 0 Å². The van der Waals surface area contributed by atoms with E-state index in [4.69, 9.17) is 0 Å². The van der Waals surface area contributed by atoms with Gasteiger partial charge in [-0.2, -0.15) is 0 Å². The number of phenols is 1. The number of hydrogen-bond donors (Lipinski definition) is 1. The van der Waals surface area contributed by atoms with Gasteiger partial charge in [0.15, 0.2) is 9.84 Å². The first-order valence-corrected chi connectivity index (χ1v) is 11.9. The molecule has 28 heavy (non-hydrogen) atoms. The average Bonchev–Trinajstić information content (AvgIpc) is 2.78. The molecular formula is C23H31NO3S. The normalized spacial score (nSPS) is 17.7. The zero-order valence-corrected chi connectivity index (χ0v) is 17.7. The second-order valence-corrected chi connectivity index (χ2v) is 10.00. The summed E-state index contributed by atoms with van der Waals surface area (Å²) in [6.45, 7) is 4.98. The molecule has 4 nitrogen and oxygen atoms in total. The van der Waals surface area contributed by atoms with Crippen molar-refractivity contribution in [2.75, 3.05) is 17.2 Å². The molecule has 0 radical (unpaired) electrons. The first-order valence-electron chi connectivity index (χ1n) is 10.3. The SMILES string of the molecule is CCCCC1(CCCC)CN(c2ccccc2)c2ccc(O)cc2S(=O)(=O)C1. The van der Waals surface area contributed by atoms with Crippen molar-refractivity contribution < 1.29 is 13.5 Å². The molecule has 0 unspecified atom stereocenters. The van der Waals surface area contributed by atoms with Crippen LogP contribution < -0.4 is 4.90 Å². The first-order chi connectivity index (χ1) is 13.4. The van der Waals surface area contributed by atoms with Crippen LogP contribution in [0, 0.1) is 5.41 Å². The summed E-state index contributed by atoms with van der Waals surface area (Å²) < 4.78 is 26.9. The molecule has 5 heteroatoms. The van der Waals surface area contributed by atoms with Crippen molar-refractivity contribution in [3.8, 4) is 5.75 Å². The van der Waals surface area contributed by atoms with Gasteiger partial charge in [-0.05, 0) is 37.1 Å². The number of rotatable bonds is 7. The fraction of sp³-hybridized carbons (Fsp3) is 0.478. The van der Waals surface area contributed by atoms with Crippen molar-refractivity contribution in [1.82, 2.24) is 0 Å². The molecule has 0 atom stereocenters. The number of anilines is 2. The molecular weight excluding hydrogens is 370 g/mol. The van der Waals surface area contributed by atoms with E-state index in [1.165, 1.54) is 6.07 Å². The Balaban J connectivity index is 2.18. The Morgan fingerprint density at radius 3 is 2.25 bits per heavy atom. The first kappa shape index (κ1) is 20.7. The molecule has 0 bridgehead atoms. The van der Waals surface area contributed by atoms with E-state index >= 15 is 0 Å². The molecule has 0 aromatic heterocycles. The lowest BCUT2D eigenvalue weighted by Gasteiger charge is -2.37. The lowest BCUT2D eigenvalue weighted by molar-refractivity contribution is 0.270. The zero-order valence-electron chi connectivity index (χ0n) is 16.9. The number of fused-ring (bicyclic) bond motifs is 1. The van der Waals surface area contributed by atoms with E-state index in [0.29, 0.717) is 12.2 Å². The summed E-state index contributed by atoms with van der Waals surface area (Å²) in [5, 5.41) is 10.00. The third kappa shape index (κ3) is 4.35. The number of para-hydroxylation sites is 1. The van der Waals surface area contributed by atoms with Gasteiger partial charge in [-0.25, -0.2) is 8.42 Å². The van der Waals surface area contributed by atoms with Crippen LogP contribution in [-0.2, 0) is 9.84 Å². The van der Waals surface area contributed by atoms with E-state index < -0.39 is 9.84 Å². The Kier molecular flexibility index (Phi) is 6.33. The van der Waals surface area contributed by atoms with Crippen LogP contribution in [0.15, 0.2) is 53.4 Å². The summed E-state index contributed by atoms with van der Waals surface area (Å²) in [5.41, 5.74) is 1.36.